The summed E-state index contributed by atoms with van der Waals surface area (Å²) < 4.78 is 33.5. The summed E-state index contributed by atoms with van der Waals surface area (Å²) in [5, 5.41) is 8.79. The van der Waals surface area contributed by atoms with Crippen molar-refractivity contribution in [2.45, 2.75) is 50.5 Å². The van der Waals surface area contributed by atoms with Crippen LogP contribution in [0.3, 0.4) is 0 Å². The van der Waals surface area contributed by atoms with Crippen LogP contribution in [0.25, 0.3) is 0 Å². The first-order chi connectivity index (χ1) is 12.9. The molecule has 142 valence electrons. The number of sulfonamides is 1. The summed E-state index contributed by atoms with van der Waals surface area (Å²) in [5.41, 5.74) is 2.39. The third-order valence-corrected chi connectivity index (χ3v) is 6.06. The van der Waals surface area contributed by atoms with E-state index in [4.69, 9.17) is 10.00 Å². The standard InChI is InChI=1S/C20H23N3O3S/c1-15-2-4-16(5-3-15)14-27(24,25)23-18-7-9-19(10-8-18)26-20-11-6-17(12-21)13-22-20/h2-6,11,13,18-19,23H,7-10,14H2,1H3. The van der Waals surface area contributed by atoms with Gasteiger partial charge >= 0.3 is 0 Å². The first-order valence-corrected chi connectivity index (χ1v) is 10.7. The lowest BCUT2D eigenvalue weighted by atomic mass is 9.94. The van der Waals surface area contributed by atoms with E-state index in [1.165, 1.54) is 6.20 Å². The van der Waals surface area contributed by atoms with Gasteiger partial charge in [-0.1, -0.05) is 29.8 Å². The van der Waals surface area contributed by atoms with Crippen LogP contribution in [0.1, 0.15) is 42.4 Å². The van der Waals surface area contributed by atoms with Crippen molar-refractivity contribution in [3.05, 3.63) is 59.3 Å². The minimum atomic E-state index is -3.36. The number of nitrogens with zero attached hydrogens (tertiary/aromatic N) is 2. The van der Waals surface area contributed by atoms with Crippen LogP contribution in [-0.4, -0.2) is 25.5 Å². The highest BCUT2D eigenvalue weighted by atomic mass is 32.2. The Morgan fingerprint density at radius 3 is 2.44 bits per heavy atom. The van der Waals surface area contributed by atoms with Crippen LogP contribution in [0.2, 0.25) is 0 Å². The number of hydrogen-bond donors (Lipinski definition) is 1. The normalized spacial score (nSPS) is 20.0. The highest BCUT2D eigenvalue weighted by Crippen LogP contribution is 2.24. The van der Waals surface area contributed by atoms with Gasteiger partial charge in [-0.15, -0.1) is 0 Å². The summed E-state index contributed by atoms with van der Waals surface area (Å²) >= 11 is 0. The van der Waals surface area contributed by atoms with E-state index in [2.05, 4.69) is 9.71 Å². The zero-order valence-corrected chi connectivity index (χ0v) is 16.1. The van der Waals surface area contributed by atoms with E-state index >= 15 is 0 Å². The maximum atomic E-state index is 12.4. The van der Waals surface area contributed by atoms with Gasteiger partial charge in [0.15, 0.2) is 0 Å². The van der Waals surface area contributed by atoms with Gasteiger partial charge in [-0.3, -0.25) is 0 Å². The van der Waals surface area contributed by atoms with Crippen LogP contribution in [0.4, 0.5) is 0 Å². The van der Waals surface area contributed by atoms with Gasteiger partial charge in [0.25, 0.3) is 0 Å². The Hall–Kier alpha value is -2.43. The molecule has 0 atom stereocenters. The number of nitriles is 1. The maximum Gasteiger partial charge on any atom is 0.216 e. The van der Waals surface area contributed by atoms with Crippen LogP contribution in [0.5, 0.6) is 5.88 Å². The Kier molecular flexibility index (Phi) is 6.09. The van der Waals surface area contributed by atoms with Gasteiger partial charge in [0.2, 0.25) is 15.9 Å². The molecule has 27 heavy (non-hydrogen) atoms. The fraction of sp³-hybridized carbons (Fsp3) is 0.400. The van der Waals surface area contributed by atoms with E-state index < -0.39 is 10.0 Å². The SMILES string of the molecule is Cc1ccc(CS(=O)(=O)NC2CCC(Oc3ccc(C#N)cn3)CC2)cc1. The van der Waals surface area contributed by atoms with E-state index in [9.17, 15) is 8.42 Å². The molecule has 0 amide bonds. The predicted molar refractivity (Wildman–Crippen MR) is 103 cm³/mol. The van der Waals surface area contributed by atoms with E-state index in [1.54, 1.807) is 12.1 Å². The molecule has 1 saturated carbocycles. The van der Waals surface area contributed by atoms with Crippen molar-refractivity contribution in [2.24, 2.45) is 0 Å². The maximum absolute atomic E-state index is 12.4. The van der Waals surface area contributed by atoms with Crippen molar-refractivity contribution >= 4 is 10.0 Å². The van der Waals surface area contributed by atoms with Gasteiger partial charge in [0.05, 0.1) is 11.3 Å². The molecule has 0 unspecified atom stereocenters. The minimum Gasteiger partial charge on any atom is -0.474 e. The van der Waals surface area contributed by atoms with E-state index in [0.29, 0.717) is 11.4 Å². The molecule has 0 saturated heterocycles. The molecule has 1 heterocycles. The first kappa shape index (κ1) is 19.3. The Balaban J connectivity index is 1.48. The number of nitrogens with one attached hydrogen (secondary N) is 1. The summed E-state index contributed by atoms with van der Waals surface area (Å²) in [6.07, 6.45) is 4.49. The molecule has 1 fully saturated rings. The van der Waals surface area contributed by atoms with Crippen molar-refractivity contribution in [1.82, 2.24) is 9.71 Å². The number of pyridine rings is 1. The van der Waals surface area contributed by atoms with Crippen LogP contribution in [-0.2, 0) is 15.8 Å². The lowest BCUT2D eigenvalue weighted by Gasteiger charge is -2.29. The molecule has 1 aliphatic carbocycles. The smallest absolute Gasteiger partial charge is 0.216 e. The second-order valence-corrected chi connectivity index (χ2v) is 8.70. The quantitative estimate of drug-likeness (QED) is 0.825. The topological polar surface area (TPSA) is 92.1 Å². The fourth-order valence-electron chi connectivity index (χ4n) is 3.18. The molecule has 1 aliphatic rings. The van der Waals surface area contributed by atoms with Gasteiger partial charge in [-0.25, -0.2) is 18.1 Å². The molecule has 0 bridgehead atoms. The van der Waals surface area contributed by atoms with Crippen molar-refractivity contribution in [3.63, 3.8) is 0 Å². The third kappa shape index (κ3) is 5.78. The summed E-state index contributed by atoms with van der Waals surface area (Å²) in [5.74, 6) is 0.496. The highest BCUT2D eigenvalue weighted by Gasteiger charge is 2.26. The summed E-state index contributed by atoms with van der Waals surface area (Å²) in [4.78, 5) is 4.12. The molecule has 0 spiro atoms. The first-order valence-electron chi connectivity index (χ1n) is 9.02. The zero-order valence-electron chi connectivity index (χ0n) is 15.3. The molecular weight excluding hydrogens is 362 g/mol. The molecule has 3 rings (SSSR count). The number of hydrogen-bond acceptors (Lipinski definition) is 5. The van der Waals surface area contributed by atoms with E-state index in [-0.39, 0.29) is 17.9 Å². The Labute approximate surface area is 160 Å². The van der Waals surface area contributed by atoms with Gasteiger partial charge in [0.1, 0.15) is 12.2 Å². The second kappa shape index (κ2) is 8.51. The Bertz CT molecular complexity index is 895. The molecule has 0 aliphatic heterocycles. The monoisotopic (exact) mass is 385 g/mol. The minimum absolute atomic E-state index is 0.00112. The lowest BCUT2D eigenvalue weighted by molar-refractivity contribution is 0.138. The lowest BCUT2D eigenvalue weighted by Crippen LogP contribution is -2.40. The van der Waals surface area contributed by atoms with Gasteiger partial charge in [-0.05, 0) is 44.2 Å². The zero-order chi connectivity index (χ0) is 19.3. The van der Waals surface area contributed by atoms with Crippen LogP contribution < -0.4 is 9.46 Å². The van der Waals surface area contributed by atoms with E-state index in [1.807, 2.05) is 37.3 Å². The number of ether oxygens (including phenoxy) is 1. The van der Waals surface area contributed by atoms with Crippen molar-refractivity contribution in [3.8, 4) is 11.9 Å². The van der Waals surface area contributed by atoms with Crippen LogP contribution >= 0.6 is 0 Å². The second-order valence-electron chi connectivity index (χ2n) is 6.95. The summed E-state index contributed by atoms with van der Waals surface area (Å²) in [7, 11) is -3.36. The third-order valence-electron chi connectivity index (χ3n) is 4.65. The Morgan fingerprint density at radius 1 is 1.15 bits per heavy atom. The molecule has 0 radical (unpaired) electrons. The van der Waals surface area contributed by atoms with E-state index in [0.717, 1.165) is 36.8 Å². The molecule has 1 N–H and O–H groups in total. The number of rotatable bonds is 6. The molecule has 6 nitrogen and oxygen atoms in total. The average Bonchev–Trinajstić information content (AvgIpc) is 2.65. The van der Waals surface area contributed by atoms with Gasteiger partial charge < -0.3 is 4.74 Å². The van der Waals surface area contributed by atoms with Crippen molar-refractivity contribution in [2.75, 3.05) is 0 Å². The van der Waals surface area contributed by atoms with Crippen molar-refractivity contribution < 1.29 is 13.2 Å². The summed E-state index contributed by atoms with van der Waals surface area (Å²) in [6, 6.07) is 12.9. The molecule has 2 aromatic rings. The molecule has 1 aromatic carbocycles. The molecule has 1 aromatic heterocycles. The predicted octanol–water partition coefficient (Wildman–Crippen LogP) is 3.07. The Morgan fingerprint density at radius 2 is 1.85 bits per heavy atom. The fourth-order valence-corrected chi connectivity index (χ4v) is 4.64. The number of benzene rings is 1. The van der Waals surface area contributed by atoms with Crippen molar-refractivity contribution in [1.29, 1.82) is 5.26 Å². The largest absolute Gasteiger partial charge is 0.474 e. The van der Waals surface area contributed by atoms with Gasteiger partial charge in [0, 0.05) is 18.3 Å². The van der Waals surface area contributed by atoms with Crippen LogP contribution in [0, 0.1) is 18.3 Å². The van der Waals surface area contributed by atoms with Crippen LogP contribution in [0.15, 0.2) is 42.6 Å². The highest BCUT2D eigenvalue weighted by molar-refractivity contribution is 7.88. The molecular formula is C20H23N3O3S. The number of aryl methyl sites for hydroxylation is 1. The van der Waals surface area contributed by atoms with Gasteiger partial charge in [-0.2, -0.15) is 5.26 Å². The number of aromatic nitrogens is 1. The summed E-state index contributed by atoms with van der Waals surface area (Å²) in [6.45, 7) is 1.98. The molecule has 7 heteroatoms. The average molecular weight is 385 g/mol.